The van der Waals surface area contributed by atoms with Gasteiger partial charge in [0.05, 0.1) is 0 Å². The summed E-state index contributed by atoms with van der Waals surface area (Å²) in [6, 6.07) is 53.1. The summed E-state index contributed by atoms with van der Waals surface area (Å²) in [6.45, 7) is 7.54. The Morgan fingerprint density at radius 2 is 0.788 bits per heavy atom. The van der Waals surface area contributed by atoms with Crippen molar-refractivity contribution >= 4 is 71.6 Å². The van der Waals surface area contributed by atoms with Gasteiger partial charge in [0.2, 0.25) is 0 Å². The Morgan fingerprint density at radius 1 is 0.424 bits per heavy atom. The van der Waals surface area contributed by atoms with Gasteiger partial charge in [0, 0.05) is 0 Å². The predicted molar refractivity (Wildman–Crippen MR) is 293 cm³/mol. The fraction of sp³-hybridized carbons (Fsp3) is 0.241. The molecule has 0 fully saturated rings. The zero-order chi connectivity index (χ0) is 46.1. The minimum atomic E-state index is -5.49. The molecule has 0 bridgehead atoms. The summed E-state index contributed by atoms with van der Waals surface area (Å²) in [5.74, 6) is 0. The molecule has 4 aliphatic rings. The van der Waals surface area contributed by atoms with E-state index < -0.39 is 41.4 Å². The Morgan fingerprint density at radius 3 is 1.18 bits per heavy atom. The van der Waals surface area contributed by atoms with Crippen molar-refractivity contribution in [2.45, 2.75) is 75.4 Å². The van der Waals surface area contributed by atoms with Crippen molar-refractivity contribution in [2.75, 3.05) is 0 Å². The van der Waals surface area contributed by atoms with Crippen molar-refractivity contribution in [3.8, 4) is 22.3 Å². The summed E-state index contributed by atoms with van der Waals surface area (Å²) in [6.07, 6.45) is 18.4. The van der Waals surface area contributed by atoms with E-state index in [1.807, 2.05) is 0 Å². The van der Waals surface area contributed by atoms with Gasteiger partial charge in [0.1, 0.15) is 0 Å². The Balaban J connectivity index is 1.00. The molecule has 0 saturated carbocycles. The Kier molecular flexibility index (Phi) is 11.9. The van der Waals surface area contributed by atoms with E-state index in [9.17, 15) is 0 Å². The minimum absolute atomic E-state index is 0.0321. The number of hydrogen-bond donors (Lipinski definition) is 0. The van der Waals surface area contributed by atoms with E-state index in [4.69, 9.17) is 34.1 Å². The Hall–Kier alpha value is -2.36. The van der Waals surface area contributed by atoms with Crippen LogP contribution < -0.4 is 0 Å². The summed E-state index contributed by atoms with van der Waals surface area (Å²) >= 11 is -11.0. The Bertz CT molecular complexity index is 2860. The van der Waals surface area contributed by atoms with Crippen LogP contribution in [0.5, 0.6) is 0 Å². The van der Waals surface area contributed by atoms with Crippen LogP contribution in [0.15, 0.2) is 169 Å². The molecule has 0 N–H and O–H groups in total. The summed E-state index contributed by atoms with van der Waals surface area (Å²) in [4.78, 5) is 0. The van der Waals surface area contributed by atoms with E-state index in [0.717, 1.165) is 33.9 Å². The SMILES string of the molecule is C[SiH2][Zr]([Cl])([Cl])([CH2]CCCC[CH2][Zr]([Cl])([Cl])([SiH2]C)([CH]1C=Cc2ccccc21)[CH]1C(C)=Cc2c(-c3ccccc3)cccc21)([CH]1C=Cc2ccccc21)[CH]1C(C)=Cc2c(-c3ccccc3)cccc21. The van der Waals surface area contributed by atoms with E-state index in [0.29, 0.717) is 0 Å². The van der Waals surface area contributed by atoms with E-state index in [1.165, 1.54) is 77.9 Å². The van der Waals surface area contributed by atoms with Crippen LogP contribution in [0.25, 0.3) is 46.6 Å². The molecular weight excluding hydrogens is 1080 g/mol. The molecule has 10 rings (SSSR count). The van der Waals surface area contributed by atoms with Crippen molar-refractivity contribution < 1.29 is 28.1 Å². The third-order valence-corrected chi connectivity index (χ3v) is 128. The number of fused-ring (bicyclic) bond motifs is 4. The zero-order valence-corrected chi connectivity index (χ0v) is 49.6. The maximum atomic E-state index is 9.09. The number of rotatable bonds is 15. The first-order chi connectivity index (χ1) is 31.6. The molecule has 8 heteroatoms. The predicted octanol–water partition coefficient (Wildman–Crippen LogP) is 17.9. The molecule has 0 radical (unpaired) electrons. The van der Waals surface area contributed by atoms with Crippen LogP contribution in [0, 0.1) is 0 Å². The van der Waals surface area contributed by atoms with Gasteiger partial charge in [-0.05, 0) is 0 Å². The van der Waals surface area contributed by atoms with Crippen LogP contribution in [0.4, 0.5) is 0 Å². The van der Waals surface area contributed by atoms with Crippen LogP contribution in [0.2, 0.25) is 21.4 Å². The average molecular weight is 1140 g/mol. The maximum absolute atomic E-state index is 9.09. The second kappa shape index (κ2) is 16.6. The molecule has 6 aromatic carbocycles. The normalized spacial score (nSPS) is 21.8. The molecule has 338 valence electrons. The van der Waals surface area contributed by atoms with Gasteiger partial charge in [-0.1, -0.05) is 0 Å². The van der Waals surface area contributed by atoms with Crippen LogP contribution in [0.1, 0.15) is 98.5 Å². The third kappa shape index (κ3) is 7.10. The van der Waals surface area contributed by atoms with E-state index in [1.54, 1.807) is 0 Å². The van der Waals surface area contributed by atoms with Gasteiger partial charge in [-0.25, -0.2) is 0 Å². The van der Waals surface area contributed by atoms with Gasteiger partial charge in [-0.15, -0.1) is 0 Å². The summed E-state index contributed by atoms with van der Waals surface area (Å²) in [7, 11) is 36.4. The second-order valence-corrected chi connectivity index (χ2v) is 128. The van der Waals surface area contributed by atoms with Gasteiger partial charge >= 0.3 is 411 Å². The molecule has 4 unspecified atom stereocenters. The van der Waals surface area contributed by atoms with E-state index in [-0.39, 0.29) is 14.5 Å². The fourth-order valence-electron chi connectivity index (χ4n) is 14.5. The molecule has 0 aliphatic heterocycles. The van der Waals surface area contributed by atoms with Crippen LogP contribution >= 0.6 is 34.1 Å². The number of hydrogen-bond acceptors (Lipinski definition) is 0. The van der Waals surface area contributed by atoms with Crippen LogP contribution in [0.3, 0.4) is 0 Å². The van der Waals surface area contributed by atoms with Gasteiger partial charge < -0.3 is 0 Å². The fourth-order valence-corrected chi connectivity index (χ4v) is 93.8. The summed E-state index contributed by atoms with van der Waals surface area (Å²) < 4.78 is 1.93. The molecule has 0 spiro atoms. The standard InChI is InChI=1S/2C16H13.2C9H7.C6H12.2CH5Si.4ClH.2Zr/c2*1-12-10-14-8-5-9-15(16(14)11-12)13-6-3-2-4-7-13;2*1-2-5-9-7-3-6-8(9)4-1;1-3-5-6-4-2;2*1-2;;;;;;/h2*2-11H,1H3;2*1-7H;1-6H2;2*2H2,1H3;4*1H;;/q;;;;;;;;;;;2*+2/p-4. The van der Waals surface area contributed by atoms with Gasteiger partial charge in [-0.3, -0.25) is 0 Å². The molecule has 0 saturated heterocycles. The van der Waals surface area contributed by atoms with Crippen molar-refractivity contribution in [2.24, 2.45) is 0 Å². The summed E-state index contributed by atoms with van der Waals surface area (Å²) in [5.41, 5.74) is 18.1. The van der Waals surface area contributed by atoms with Crippen molar-refractivity contribution in [3.63, 3.8) is 0 Å². The van der Waals surface area contributed by atoms with E-state index in [2.05, 4.69) is 209 Å². The first kappa shape index (κ1) is 47.3. The van der Waals surface area contributed by atoms with Crippen LogP contribution in [-0.4, -0.2) is 13.3 Å². The number of benzene rings is 6. The molecular formula is C58H62Cl4Si2Zr2. The second-order valence-electron chi connectivity index (χ2n) is 21.1. The topological polar surface area (TPSA) is 0 Å². The molecule has 0 aromatic heterocycles. The molecule has 4 aliphatic carbocycles. The molecule has 0 nitrogen and oxygen atoms in total. The number of unbranched alkanes of at least 4 members (excludes halogenated alkanes) is 3. The van der Waals surface area contributed by atoms with Gasteiger partial charge in [0.25, 0.3) is 0 Å². The molecule has 0 amide bonds. The molecule has 6 aromatic rings. The number of halogens is 4. The first-order valence-corrected chi connectivity index (χ1v) is 61.0. The Labute approximate surface area is 406 Å². The molecule has 0 heterocycles. The van der Waals surface area contributed by atoms with Crippen LogP contribution in [-0.2, 0) is 28.1 Å². The number of allylic oxidation sites excluding steroid dienone is 4. The zero-order valence-electron chi connectivity index (χ0n) is 38.8. The molecule has 66 heavy (non-hydrogen) atoms. The van der Waals surface area contributed by atoms with Gasteiger partial charge in [-0.2, -0.15) is 0 Å². The third-order valence-electron chi connectivity index (χ3n) is 17.9. The van der Waals surface area contributed by atoms with Crippen molar-refractivity contribution in [1.29, 1.82) is 0 Å². The molecule has 4 atom stereocenters. The average Bonchev–Trinajstić information content (AvgIpc) is 4.14. The van der Waals surface area contributed by atoms with Gasteiger partial charge in [0.15, 0.2) is 0 Å². The quantitative estimate of drug-likeness (QED) is 0.0710. The first-order valence-electron chi connectivity index (χ1n) is 24.5. The van der Waals surface area contributed by atoms with Crippen molar-refractivity contribution in [3.05, 3.63) is 213 Å². The van der Waals surface area contributed by atoms with Crippen molar-refractivity contribution in [1.82, 2.24) is 0 Å². The monoisotopic (exact) mass is 1130 g/mol. The summed E-state index contributed by atoms with van der Waals surface area (Å²) in [5, 5.41) is 0. The van der Waals surface area contributed by atoms with E-state index >= 15 is 0 Å².